The molecule has 10 nitrogen and oxygen atoms in total. The highest BCUT2D eigenvalue weighted by molar-refractivity contribution is 7.93. The van der Waals surface area contributed by atoms with Crippen LogP contribution >= 0.6 is 0 Å². The first-order valence-electron chi connectivity index (χ1n) is 7.98. The average molecular weight is 434 g/mol. The van der Waals surface area contributed by atoms with Gasteiger partial charge >= 0.3 is 0 Å². The molecular weight excluding hydrogens is 420 g/mol. The molecule has 0 aliphatic carbocycles. The Bertz CT molecular complexity index is 1230. The molecule has 12 heteroatoms. The maximum atomic E-state index is 12.4. The molecule has 0 spiro atoms. The standard InChI is InChI=1S/C17H14N4O6S2/c22-21(23)15-5-9-17(10-6-15)28(24,25)19-13-3-7-16(8-4-13)29(26,27)20-14-2-1-11-18-12-14/h1-12,19-20H. The molecular formula is C17H14N4O6S2. The van der Waals surface area contributed by atoms with Crippen molar-refractivity contribution < 1.29 is 21.8 Å². The number of aromatic nitrogens is 1. The molecule has 3 aromatic rings. The van der Waals surface area contributed by atoms with E-state index in [-0.39, 0.29) is 26.9 Å². The highest BCUT2D eigenvalue weighted by atomic mass is 32.2. The Morgan fingerprint density at radius 3 is 1.76 bits per heavy atom. The van der Waals surface area contributed by atoms with E-state index < -0.39 is 25.0 Å². The first kappa shape index (κ1) is 20.2. The fourth-order valence-electron chi connectivity index (χ4n) is 2.30. The number of hydrogen-bond acceptors (Lipinski definition) is 7. The summed E-state index contributed by atoms with van der Waals surface area (Å²) in [5.74, 6) is 0. The third-order valence-corrected chi connectivity index (χ3v) is 6.48. The lowest BCUT2D eigenvalue weighted by Gasteiger charge is -2.10. The molecule has 29 heavy (non-hydrogen) atoms. The second kappa shape index (κ2) is 7.85. The quantitative estimate of drug-likeness (QED) is 0.429. The van der Waals surface area contributed by atoms with Crippen molar-refractivity contribution in [2.75, 3.05) is 9.44 Å². The maximum Gasteiger partial charge on any atom is 0.269 e. The van der Waals surface area contributed by atoms with E-state index in [1.54, 1.807) is 6.07 Å². The summed E-state index contributed by atoms with van der Waals surface area (Å²) < 4.78 is 54.2. The van der Waals surface area contributed by atoms with Gasteiger partial charge in [0, 0.05) is 24.0 Å². The van der Waals surface area contributed by atoms with Crippen molar-refractivity contribution in [3.63, 3.8) is 0 Å². The van der Waals surface area contributed by atoms with Crippen LogP contribution in [0, 0.1) is 10.1 Å². The van der Waals surface area contributed by atoms with Crippen molar-refractivity contribution in [1.29, 1.82) is 0 Å². The molecule has 0 amide bonds. The monoisotopic (exact) mass is 434 g/mol. The highest BCUT2D eigenvalue weighted by Gasteiger charge is 2.18. The summed E-state index contributed by atoms with van der Waals surface area (Å²) in [5, 5.41) is 10.7. The molecule has 2 N–H and O–H groups in total. The van der Waals surface area contributed by atoms with Gasteiger partial charge in [-0.15, -0.1) is 0 Å². The van der Waals surface area contributed by atoms with Crippen molar-refractivity contribution >= 4 is 37.1 Å². The molecule has 0 unspecified atom stereocenters. The highest BCUT2D eigenvalue weighted by Crippen LogP contribution is 2.21. The second-order valence-corrected chi connectivity index (χ2v) is 9.09. The Kier molecular flexibility index (Phi) is 5.48. The number of rotatable bonds is 7. The van der Waals surface area contributed by atoms with Crippen LogP contribution in [0.4, 0.5) is 17.1 Å². The Balaban J connectivity index is 1.76. The number of nitro benzene ring substituents is 1. The summed E-state index contributed by atoms with van der Waals surface area (Å²) in [6.45, 7) is 0. The molecule has 1 aromatic heterocycles. The van der Waals surface area contributed by atoms with Crippen LogP contribution in [0.25, 0.3) is 0 Å². The largest absolute Gasteiger partial charge is 0.280 e. The van der Waals surface area contributed by atoms with Crippen molar-refractivity contribution in [3.8, 4) is 0 Å². The van der Waals surface area contributed by atoms with Crippen LogP contribution < -0.4 is 9.44 Å². The lowest BCUT2D eigenvalue weighted by Crippen LogP contribution is -2.14. The number of anilines is 2. The van der Waals surface area contributed by atoms with E-state index in [1.807, 2.05) is 0 Å². The summed E-state index contributed by atoms with van der Waals surface area (Å²) >= 11 is 0. The van der Waals surface area contributed by atoms with Crippen molar-refractivity contribution in [3.05, 3.63) is 83.2 Å². The van der Waals surface area contributed by atoms with E-state index in [2.05, 4.69) is 14.4 Å². The van der Waals surface area contributed by atoms with E-state index >= 15 is 0 Å². The van der Waals surface area contributed by atoms with Crippen molar-refractivity contribution in [2.24, 2.45) is 0 Å². The number of pyridine rings is 1. The van der Waals surface area contributed by atoms with Crippen molar-refractivity contribution in [1.82, 2.24) is 4.98 Å². The maximum absolute atomic E-state index is 12.4. The summed E-state index contributed by atoms with van der Waals surface area (Å²) in [6, 6.07) is 12.6. The Morgan fingerprint density at radius 1 is 0.759 bits per heavy atom. The third kappa shape index (κ3) is 4.86. The fraction of sp³-hybridized carbons (Fsp3) is 0. The molecule has 2 aromatic carbocycles. The SMILES string of the molecule is O=[N+]([O-])c1ccc(S(=O)(=O)Nc2ccc(S(=O)(=O)Nc3cccnc3)cc2)cc1. The average Bonchev–Trinajstić information content (AvgIpc) is 2.68. The number of hydrogen-bond donors (Lipinski definition) is 2. The van der Waals surface area contributed by atoms with Crippen LogP contribution in [0.1, 0.15) is 0 Å². The zero-order valence-corrected chi connectivity index (χ0v) is 16.2. The van der Waals surface area contributed by atoms with Crippen LogP contribution in [-0.2, 0) is 20.0 Å². The van der Waals surface area contributed by atoms with Gasteiger partial charge in [0.05, 0.1) is 26.6 Å². The zero-order chi connectivity index (χ0) is 21.1. The van der Waals surface area contributed by atoms with Gasteiger partial charge in [0.1, 0.15) is 0 Å². The number of nitrogens with one attached hydrogen (secondary N) is 2. The lowest BCUT2D eigenvalue weighted by atomic mass is 10.3. The number of nitrogens with zero attached hydrogens (tertiary/aromatic N) is 2. The predicted molar refractivity (Wildman–Crippen MR) is 105 cm³/mol. The molecule has 0 saturated carbocycles. The molecule has 0 atom stereocenters. The van der Waals surface area contributed by atoms with Crippen LogP contribution in [0.3, 0.4) is 0 Å². The molecule has 0 saturated heterocycles. The van der Waals surface area contributed by atoms with E-state index in [1.165, 1.54) is 42.7 Å². The molecule has 150 valence electrons. The molecule has 1 heterocycles. The topological polar surface area (TPSA) is 148 Å². The third-order valence-electron chi connectivity index (χ3n) is 3.69. The minimum atomic E-state index is -4.00. The molecule has 0 aliphatic heterocycles. The predicted octanol–water partition coefficient (Wildman–Crippen LogP) is 2.59. The smallest absolute Gasteiger partial charge is 0.269 e. The molecule has 3 rings (SSSR count). The van der Waals surface area contributed by atoms with Gasteiger partial charge in [-0.1, -0.05) is 0 Å². The number of benzene rings is 2. The number of nitro groups is 1. The fourth-order valence-corrected chi connectivity index (χ4v) is 4.40. The zero-order valence-electron chi connectivity index (χ0n) is 14.6. The second-order valence-electron chi connectivity index (χ2n) is 5.73. The summed E-state index contributed by atoms with van der Waals surface area (Å²) in [4.78, 5) is 13.6. The van der Waals surface area contributed by atoms with Crippen molar-refractivity contribution in [2.45, 2.75) is 9.79 Å². The van der Waals surface area contributed by atoms with Gasteiger partial charge < -0.3 is 0 Å². The van der Waals surface area contributed by atoms with Gasteiger partial charge in [0.25, 0.3) is 25.7 Å². The number of sulfonamides is 2. The van der Waals surface area contributed by atoms with Gasteiger partial charge in [0.15, 0.2) is 0 Å². The van der Waals surface area contributed by atoms with Crippen LogP contribution in [0.5, 0.6) is 0 Å². The Labute approximate surface area is 166 Å². The van der Waals surface area contributed by atoms with E-state index in [4.69, 9.17) is 0 Å². The number of non-ortho nitro benzene ring substituents is 1. The van der Waals surface area contributed by atoms with Gasteiger partial charge in [-0.2, -0.15) is 0 Å². The minimum Gasteiger partial charge on any atom is -0.280 e. The Hall–Kier alpha value is -3.51. The van der Waals surface area contributed by atoms with Crippen LogP contribution in [-0.4, -0.2) is 26.7 Å². The summed E-state index contributed by atoms with van der Waals surface area (Å²) in [6.07, 6.45) is 2.86. The molecule has 0 radical (unpaired) electrons. The summed E-state index contributed by atoms with van der Waals surface area (Å²) in [7, 11) is -7.87. The lowest BCUT2D eigenvalue weighted by molar-refractivity contribution is -0.384. The minimum absolute atomic E-state index is 0.0698. The molecule has 0 fully saturated rings. The summed E-state index contributed by atoms with van der Waals surface area (Å²) in [5.41, 5.74) is 0.179. The van der Waals surface area contributed by atoms with Gasteiger partial charge in [-0.05, 0) is 48.5 Å². The van der Waals surface area contributed by atoms with Crippen LogP contribution in [0.2, 0.25) is 0 Å². The first-order valence-corrected chi connectivity index (χ1v) is 10.9. The van der Waals surface area contributed by atoms with Gasteiger partial charge in [0.2, 0.25) is 0 Å². The molecule has 0 aliphatic rings. The van der Waals surface area contributed by atoms with E-state index in [0.717, 1.165) is 24.3 Å². The Morgan fingerprint density at radius 2 is 1.28 bits per heavy atom. The van der Waals surface area contributed by atoms with Gasteiger partial charge in [-0.3, -0.25) is 24.5 Å². The normalized spacial score (nSPS) is 11.6. The van der Waals surface area contributed by atoms with Crippen LogP contribution in [0.15, 0.2) is 82.8 Å². The molecule has 0 bridgehead atoms. The first-order chi connectivity index (χ1) is 13.7. The van der Waals surface area contributed by atoms with E-state index in [9.17, 15) is 26.9 Å². The van der Waals surface area contributed by atoms with E-state index in [0.29, 0.717) is 0 Å². The van der Waals surface area contributed by atoms with Gasteiger partial charge in [-0.25, -0.2) is 16.8 Å².